The fourth-order valence-electron chi connectivity index (χ4n) is 1.63. The molecule has 0 fully saturated rings. The molecule has 2 aromatic rings. The lowest BCUT2D eigenvalue weighted by Gasteiger charge is -2.08. The number of anilines is 1. The van der Waals surface area contributed by atoms with Crippen LogP contribution < -0.4 is 5.32 Å². The van der Waals surface area contributed by atoms with Gasteiger partial charge in [-0.25, -0.2) is 9.67 Å². The van der Waals surface area contributed by atoms with E-state index in [2.05, 4.69) is 27.2 Å². The molecule has 0 aliphatic heterocycles. The molecule has 0 aliphatic rings. The van der Waals surface area contributed by atoms with Gasteiger partial charge in [-0.1, -0.05) is 17.9 Å². The van der Waals surface area contributed by atoms with E-state index in [0.717, 1.165) is 11.1 Å². The molecular formula is C14H14N4O2. The molecule has 1 aromatic carbocycles. The maximum Gasteiger partial charge on any atom is 0.246 e. The summed E-state index contributed by atoms with van der Waals surface area (Å²) in [4.78, 5) is 15.7. The maximum absolute atomic E-state index is 11.9. The first-order chi connectivity index (χ1) is 9.69. The van der Waals surface area contributed by atoms with Crippen LogP contribution in [-0.2, 0) is 11.3 Å². The second-order valence-corrected chi connectivity index (χ2v) is 4.13. The maximum atomic E-state index is 11.9. The van der Waals surface area contributed by atoms with Crippen LogP contribution in [0.5, 0.6) is 0 Å². The van der Waals surface area contributed by atoms with Crippen LogP contribution in [0.15, 0.2) is 30.9 Å². The lowest BCUT2D eigenvalue weighted by molar-refractivity contribution is -0.116. The topological polar surface area (TPSA) is 80.0 Å². The van der Waals surface area contributed by atoms with Crippen LogP contribution in [0.25, 0.3) is 0 Å². The standard InChI is InChI=1S/C14H14N4O2/c1-11-4-5-12(3-2-6-19)7-13(11)17-14(20)8-18-10-15-9-16-18/h4-5,7,9-10,19H,6,8H2,1H3,(H,17,20). The third-order valence-corrected chi connectivity index (χ3v) is 2.60. The summed E-state index contributed by atoms with van der Waals surface area (Å²) in [5.74, 6) is 5.18. The number of carbonyl (C=O) groups is 1. The summed E-state index contributed by atoms with van der Waals surface area (Å²) in [7, 11) is 0. The van der Waals surface area contributed by atoms with Crippen molar-refractivity contribution in [2.45, 2.75) is 13.5 Å². The fraction of sp³-hybridized carbons (Fsp3) is 0.214. The van der Waals surface area contributed by atoms with Gasteiger partial charge in [0.2, 0.25) is 5.91 Å². The normalized spacial score (nSPS) is 9.70. The molecule has 2 rings (SSSR count). The van der Waals surface area contributed by atoms with Gasteiger partial charge in [-0.2, -0.15) is 5.10 Å². The number of hydrogen-bond donors (Lipinski definition) is 2. The largest absolute Gasteiger partial charge is 0.384 e. The summed E-state index contributed by atoms with van der Waals surface area (Å²) in [5, 5.41) is 15.4. The zero-order valence-corrected chi connectivity index (χ0v) is 11.0. The summed E-state index contributed by atoms with van der Waals surface area (Å²) in [6, 6.07) is 5.48. The Morgan fingerprint density at radius 1 is 1.50 bits per heavy atom. The minimum Gasteiger partial charge on any atom is -0.384 e. The Kier molecular flexibility index (Phi) is 4.47. The average molecular weight is 270 g/mol. The first kappa shape index (κ1) is 13.8. The molecule has 0 unspecified atom stereocenters. The molecule has 0 aliphatic carbocycles. The zero-order chi connectivity index (χ0) is 14.4. The second kappa shape index (κ2) is 6.50. The lowest BCUT2D eigenvalue weighted by atomic mass is 10.1. The molecule has 0 spiro atoms. The smallest absolute Gasteiger partial charge is 0.246 e. The number of carbonyl (C=O) groups excluding carboxylic acids is 1. The Bertz CT molecular complexity index is 654. The summed E-state index contributed by atoms with van der Waals surface area (Å²) in [5.41, 5.74) is 2.37. The number of benzene rings is 1. The predicted molar refractivity (Wildman–Crippen MR) is 73.8 cm³/mol. The number of nitrogens with one attached hydrogen (secondary N) is 1. The molecule has 6 heteroatoms. The molecular weight excluding hydrogens is 256 g/mol. The van der Waals surface area contributed by atoms with Gasteiger partial charge in [0.25, 0.3) is 0 Å². The molecule has 2 N–H and O–H groups in total. The Labute approximate surface area is 116 Å². The van der Waals surface area contributed by atoms with Crippen molar-refractivity contribution in [3.05, 3.63) is 42.0 Å². The van der Waals surface area contributed by atoms with Crippen molar-refractivity contribution in [1.29, 1.82) is 0 Å². The average Bonchev–Trinajstić information content (AvgIpc) is 2.92. The number of aliphatic hydroxyl groups excluding tert-OH is 1. The molecule has 1 aromatic heterocycles. The van der Waals surface area contributed by atoms with E-state index in [1.165, 1.54) is 17.3 Å². The third kappa shape index (κ3) is 3.67. The van der Waals surface area contributed by atoms with E-state index in [0.29, 0.717) is 5.69 Å². The van der Waals surface area contributed by atoms with Crippen molar-refractivity contribution in [2.75, 3.05) is 11.9 Å². The molecule has 0 bridgehead atoms. The van der Waals surface area contributed by atoms with E-state index < -0.39 is 0 Å². The van der Waals surface area contributed by atoms with Gasteiger partial charge in [0.05, 0.1) is 0 Å². The van der Waals surface area contributed by atoms with Crippen LogP contribution in [0, 0.1) is 18.8 Å². The van der Waals surface area contributed by atoms with Gasteiger partial charge in [0.15, 0.2) is 0 Å². The Morgan fingerprint density at radius 3 is 3.05 bits per heavy atom. The molecule has 1 amide bonds. The molecule has 102 valence electrons. The van der Waals surface area contributed by atoms with Crippen molar-refractivity contribution in [2.24, 2.45) is 0 Å². The Hall–Kier alpha value is -2.65. The monoisotopic (exact) mass is 270 g/mol. The van der Waals surface area contributed by atoms with Crippen LogP contribution in [0.1, 0.15) is 11.1 Å². The summed E-state index contributed by atoms with van der Waals surface area (Å²) in [6.45, 7) is 1.81. The summed E-state index contributed by atoms with van der Waals surface area (Å²) >= 11 is 0. The molecule has 0 saturated heterocycles. The van der Waals surface area contributed by atoms with E-state index in [1.54, 1.807) is 6.07 Å². The lowest BCUT2D eigenvalue weighted by Crippen LogP contribution is -2.19. The number of aromatic nitrogens is 3. The van der Waals surface area contributed by atoms with Crippen molar-refractivity contribution in [3.8, 4) is 11.8 Å². The number of aliphatic hydroxyl groups is 1. The van der Waals surface area contributed by atoms with Crippen LogP contribution in [-0.4, -0.2) is 32.4 Å². The number of amides is 1. The van der Waals surface area contributed by atoms with Crippen LogP contribution >= 0.6 is 0 Å². The highest BCUT2D eigenvalue weighted by Gasteiger charge is 2.06. The highest BCUT2D eigenvalue weighted by molar-refractivity contribution is 5.91. The highest BCUT2D eigenvalue weighted by Crippen LogP contribution is 2.16. The number of hydrogen-bond acceptors (Lipinski definition) is 4. The minimum absolute atomic E-state index is 0.103. The summed E-state index contributed by atoms with van der Waals surface area (Å²) < 4.78 is 1.44. The number of rotatable bonds is 3. The minimum atomic E-state index is -0.193. The van der Waals surface area contributed by atoms with E-state index in [4.69, 9.17) is 5.11 Å². The number of nitrogens with zero attached hydrogens (tertiary/aromatic N) is 3. The SMILES string of the molecule is Cc1ccc(C#CCO)cc1NC(=O)Cn1cncn1. The van der Waals surface area contributed by atoms with Crippen molar-refractivity contribution in [3.63, 3.8) is 0 Å². The van der Waals surface area contributed by atoms with Crippen molar-refractivity contribution >= 4 is 11.6 Å². The van der Waals surface area contributed by atoms with Crippen LogP contribution in [0.3, 0.4) is 0 Å². The molecule has 0 saturated carbocycles. The van der Waals surface area contributed by atoms with Gasteiger partial charge in [0.1, 0.15) is 25.8 Å². The second-order valence-electron chi connectivity index (χ2n) is 4.13. The van der Waals surface area contributed by atoms with Crippen LogP contribution in [0.2, 0.25) is 0 Å². The Morgan fingerprint density at radius 2 is 2.35 bits per heavy atom. The van der Waals surface area contributed by atoms with Gasteiger partial charge < -0.3 is 10.4 Å². The molecule has 20 heavy (non-hydrogen) atoms. The van der Waals surface area contributed by atoms with E-state index in [9.17, 15) is 4.79 Å². The highest BCUT2D eigenvalue weighted by atomic mass is 16.2. The molecule has 0 radical (unpaired) electrons. The van der Waals surface area contributed by atoms with E-state index in [1.807, 2.05) is 19.1 Å². The van der Waals surface area contributed by atoms with Crippen LogP contribution in [0.4, 0.5) is 5.69 Å². The van der Waals surface area contributed by atoms with Gasteiger partial charge in [-0.05, 0) is 24.6 Å². The zero-order valence-electron chi connectivity index (χ0n) is 11.0. The van der Waals surface area contributed by atoms with Gasteiger partial charge >= 0.3 is 0 Å². The molecule has 6 nitrogen and oxygen atoms in total. The van der Waals surface area contributed by atoms with E-state index >= 15 is 0 Å². The first-order valence-electron chi connectivity index (χ1n) is 6.01. The summed E-state index contributed by atoms with van der Waals surface area (Å²) in [6.07, 6.45) is 2.86. The quantitative estimate of drug-likeness (QED) is 0.799. The van der Waals surface area contributed by atoms with Gasteiger partial charge in [-0.15, -0.1) is 0 Å². The third-order valence-electron chi connectivity index (χ3n) is 2.60. The predicted octanol–water partition coefficient (Wildman–Crippen LogP) is 0.569. The van der Waals surface area contributed by atoms with E-state index in [-0.39, 0.29) is 19.1 Å². The van der Waals surface area contributed by atoms with Gasteiger partial charge in [0, 0.05) is 11.3 Å². The van der Waals surface area contributed by atoms with Crippen molar-refractivity contribution in [1.82, 2.24) is 14.8 Å². The molecule has 1 heterocycles. The first-order valence-corrected chi connectivity index (χ1v) is 6.01. The Balaban J connectivity index is 2.09. The van der Waals surface area contributed by atoms with Crippen molar-refractivity contribution < 1.29 is 9.90 Å². The number of aryl methyl sites for hydroxylation is 1. The molecule has 0 atom stereocenters. The fourth-order valence-corrected chi connectivity index (χ4v) is 1.63. The van der Waals surface area contributed by atoms with Gasteiger partial charge in [-0.3, -0.25) is 4.79 Å².